The van der Waals surface area contributed by atoms with Gasteiger partial charge in [0.1, 0.15) is 0 Å². The molecule has 1 saturated carbocycles. The van der Waals surface area contributed by atoms with Crippen LogP contribution in [0.3, 0.4) is 0 Å². The van der Waals surface area contributed by atoms with Crippen LogP contribution in [0.15, 0.2) is 65.7 Å². The minimum Gasteiger partial charge on any atom is -0.478 e. The summed E-state index contributed by atoms with van der Waals surface area (Å²) in [5.41, 5.74) is 4.43. The van der Waals surface area contributed by atoms with E-state index in [0.29, 0.717) is 11.5 Å². The third-order valence-corrected chi connectivity index (χ3v) is 5.53. The Kier molecular flexibility index (Phi) is 5.00. The molecule has 2 aromatic carbocycles. The highest BCUT2D eigenvalue weighted by Gasteiger charge is 2.27. The first-order valence-corrected chi connectivity index (χ1v) is 9.73. The molecule has 0 amide bonds. The maximum absolute atomic E-state index is 11.4. The van der Waals surface area contributed by atoms with E-state index in [-0.39, 0.29) is 5.56 Å². The molecule has 0 bridgehead atoms. The van der Waals surface area contributed by atoms with Crippen LogP contribution in [-0.2, 0) is 0 Å². The largest absolute Gasteiger partial charge is 0.478 e. The molecule has 0 unspecified atom stereocenters. The summed E-state index contributed by atoms with van der Waals surface area (Å²) < 4.78 is 3.32. The summed E-state index contributed by atoms with van der Waals surface area (Å²) in [5.74, 6) is -0.447. The van der Waals surface area contributed by atoms with Crippen LogP contribution < -0.4 is 4.72 Å². The average molecular weight is 387 g/mol. The Hall–Kier alpha value is -3.30. The van der Waals surface area contributed by atoms with Gasteiger partial charge in [-0.15, -0.1) is 0 Å². The van der Waals surface area contributed by atoms with Gasteiger partial charge in [0.15, 0.2) is 0 Å². The maximum atomic E-state index is 11.4. The number of pyridine rings is 1. The highest BCUT2D eigenvalue weighted by molar-refractivity contribution is 8.00. The van der Waals surface area contributed by atoms with Crippen molar-refractivity contribution in [2.24, 2.45) is 0 Å². The summed E-state index contributed by atoms with van der Waals surface area (Å²) in [6.45, 7) is 0. The van der Waals surface area contributed by atoms with Gasteiger partial charge in [-0.25, -0.2) is 4.79 Å². The molecule has 0 spiro atoms. The summed E-state index contributed by atoms with van der Waals surface area (Å²) in [4.78, 5) is 16.7. The van der Waals surface area contributed by atoms with Crippen LogP contribution in [0.25, 0.3) is 11.3 Å². The number of benzene rings is 2. The van der Waals surface area contributed by atoms with Gasteiger partial charge in [-0.1, -0.05) is 12.1 Å². The second kappa shape index (κ2) is 7.75. The number of rotatable bonds is 6. The summed E-state index contributed by atoms with van der Waals surface area (Å²) in [6.07, 6.45) is 3.98. The Balaban J connectivity index is 1.68. The zero-order valence-electron chi connectivity index (χ0n) is 14.9. The van der Waals surface area contributed by atoms with Crippen molar-refractivity contribution in [1.82, 2.24) is 4.98 Å². The van der Waals surface area contributed by atoms with Gasteiger partial charge in [-0.05, 0) is 78.7 Å². The predicted octanol–water partition coefficient (Wildman–Crippen LogP) is 5.32. The molecule has 28 heavy (non-hydrogen) atoms. The first kappa shape index (κ1) is 18.1. The minimum atomic E-state index is -0.940. The number of anilines is 1. The molecule has 0 radical (unpaired) electrons. The van der Waals surface area contributed by atoms with E-state index in [1.165, 1.54) is 17.5 Å². The van der Waals surface area contributed by atoms with E-state index >= 15 is 0 Å². The fourth-order valence-electron chi connectivity index (χ4n) is 3.04. The normalized spacial score (nSPS) is 13.0. The number of nitrogens with one attached hydrogen (secondary N) is 1. The standard InChI is InChI=1S/C22H17N3O2S/c23-13-14-4-8-18(19-3-1-2-10-24-19)20(11-14)25-28-21-12-16(22(26)27)7-9-17(21)15-5-6-15/h1-4,7-12,15,25H,5-6H2,(H,26,27). The number of carboxylic acids is 1. The zero-order chi connectivity index (χ0) is 19.5. The lowest BCUT2D eigenvalue weighted by Crippen LogP contribution is -2.00. The molecule has 1 aliphatic rings. The lowest BCUT2D eigenvalue weighted by Gasteiger charge is -2.14. The first-order chi connectivity index (χ1) is 13.7. The van der Waals surface area contributed by atoms with E-state index in [2.05, 4.69) is 15.8 Å². The van der Waals surface area contributed by atoms with Crippen molar-refractivity contribution in [3.8, 4) is 17.3 Å². The van der Waals surface area contributed by atoms with Crippen molar-refractivity contribution < 1.29 is 9.90 Å². The SMILES string of the molecule is N#Cc1ccc(-c2ccccn2)c(NSc2cc(C(=O)O)ccc2C2CC2)c1. The Morgan fingerprint density at radius 3 is 2.71 bits per heavy atom. The molecule has 0 saturated heterocycles. The van der Waals surface area contributed by atoms with Crippen LogP contribution in [0.5, 0.6) is 0 Å². The molecule has 138 valence electrons. The Bertz CT molecular complexity index is 1070. The highest BCUT2D eigenvalue weighted by Crippen LogP contribution is 2.45. The minimum absolute atomic E-state index is 0.268. The topological polar surface area (TPSA) is 86.0 Å². The Morgan fingerprint density at radius 1 is 1.18 bits per heavy atom. The van der Waals surface area contributed by atoms with E-state index in [1.807, 2.05) is 30.3 Å². The van der Waals surface area contributed by atoms with Crippen molar-refractivity contribution >= 4 is 23.6 Å². The Labute approximate surface area is 167 Å². The van der Waals surface area contributed by atoms with Gasteiger partial charge >= 0.3 is 5.97 Å². The van der Waals surface area contributed by atoms with Crippen molar-refractivity contribution in [1.29, 1.82) is 5.26 Å². The van der Waals surface area contributed by atoms with Crippen molar-refractivity contribution in [2.45, 2.75) is 23.7 Å². The van der Waals surface area contributed by atoms with Crippen LogP contribution in [0.2, 0.25) is 0 Å². The second-order valence-corrected chi connectivity index (χ2v) is 7.47. The van der Waals surface area contributed by atoms with Crippen LogP contribution in [0.1, 0.15) is 40.2 Å². The monoisotopic (exact) mass is 387 g/mol. The fourth-order valence-corrected chi connectivity index (χ4v) is 3.97. The lowest BCUT2D eigenvalue weighted by atomic mass is 10.1. The fraction of sp³-hybridized carbons (Fsp3) is 0.136. The van der Waals surface area contributed by atoms with Gasteiger partial charge in [-0.3, -0.25) is 4.98 Å². The van der Waals surface area contributed by atoms with E-state index in [9.17, 15) is 15.2 Å². The maximum Gasteiger partial charge on any atom is 0.335 e. The predicted molar refractivity (Wildman–Crippen MR) is 109 cm³/mol. The zero-order valence-corrected chi connectivity index (χ0v) is 15.7. The molecule has 3 aromatic rings. The van der Waals surface area contributed by atoms with Crippen molar-refractivity contribution in [2.75, 3.05) is 4.72 Å². The molecule has 5 nitrogen and oxygen atoms in total. The first-order valence-electron chi connectivity index (χ1n) is 8.91. The van der Waals surface area contributed by atoms with Crippen molar-refractivity contribution in [3.05, 3.63) is 77.5 Å². The van der Waals surface area contributed by atoms with Crippen molar-refractivity contribution in [3.63, 3.8) is 0 Å². The van der Waals surface area contributed by atoms with Crippen LogP contribution in [0, 0.1) is 11.3 Å². The van der Waals surface area contributed by atoms with E-state index < -0.39 is 5.97 Å². The molecule has 1 aliphatic carbocycles. The number of carboxylic acid groups (broad SMARTS) is 1. The molecular formula is C22H17N3O2S. The number of nitriles is 1. The Morgan fingerprint density at radius 2 is 2.04 bits per heavy atom. The molecule has 0 aliphatic heterocycles. The van der Waals surface area contributed by atoms with E-state index in [0.717, 1.165) is 34.7 Å². The molecule has 4 rings (SSSR count). The summed E-state index contributed by atoms with van der Waals surface area (Å²) >= 11 is 1.38. The van der Waals surface area contributed by atoms with Gasteiger partial charge in [0.25, 0.3) is 0 Å². The smallest absolute Gasteiger partial charge is 0.335 e. The number of aromatic nitrogens is 1. The molecule has 2 N–H and O–H groups in total. The third-order valence-electron chi connectivity index (χ3n) is 4.64. The van der Waals surface area contributed by atoms with Crippen LogP contribution >= 0.6 is 11.9 Å². The van der Waals surface area contributed by atoms with Gasteiger partial charge in [0, 0.05) is 16.7 Å². The highest BCUT2D eigenvalue weighted by atomic mass is 32.2. The molecule has 1 heterocycles. The number of nitrogens with zero attached hydrogens (tertiary/aromatic N) is 2. The van der Waals surface area contributed by atoms with Gasteiger partial charge in [-0.2, -0.15) is 5.26 Å². The molecular weight excluding hydrogens is 370 g/mol. The third kappa shape index (κ3) is 3.85. The average Bonchev–Trinajstić information content (AvgIpc) is 3.57. The number of hydrogen-bond acceptors (Lipinski definition) is 5. The summed E-state index contributed by atoms with van der Waals surface area (Å²) in [6, 6.07) is 18.6. The molecule has 1 fully saturated rings. The number of carbonyl (C=O) groups is 1. The van der Waals surface area contributed by atoms with E-state index in [1.54, 1.807) is 30.5 Å². The van der Waals surface area contributed by atoms with Crippen LogP contribution in [0.4, 0.5) is 5.69 Å². The van der Waals surface area contributed by atoms with Crippen LogP contribution in [-0.4, -0.2) is 16.1 Å². The molecule has 6 heteroatoms. The van der Waals surface area contributed by atoms with Gasteiger partial charge in [0.2, 0.25) is 0 Å². The van der Waals surface area contributed by atoms with E-state index in [4.69, 9.17) is 0 Å². The molecule has 0 atom stereocenters. The quantitative estimate of drug-likeness (QED) is 0.557. The molecule has 1 aromatic heterocycles. The summed E-state index contributed by atoms with van der Waals surface area (Å²) in [7, 11) is 0. The lowest BCUT2D eigenvalue weighted by molar-refractivity contribution is 0.0696. The number of aromatic carboxylic acids is 1. The number of hydrogen-bond donors (Lipinski definition) is 2. The second-order valence-electron chi connectivity index (χ2n) is 6.62. The van der Waals surface area contributed by atoms with Gasteiger partial charge in [0.05, 0.1) is 28.6 Å². The summed E-state index contributed by atoms with van der Waals surface area (Å²) in [5, 5.41) is 18.6. The van der Waals surface area contributed by atoms with Gasteiger partial charge < -0.3 is 9.83 Å².